The number of ether oxygens (including phenoxy) is 2. The van der Waals surface area contributed by atoms with Gasteiger partial charge in [-0.25, -0.2) is 0 Å². The van der Waals surface area contributed by atoms with E-state index in [-0.39, 0.29) is 18.4 Å². The predicted octanol–water partition coefficient (Wildman–Crippen LogP) is 4.82. The monoisotopic (exact) mass is 391 g/mol. The van der Waals surface area contributed by atoms with Gasteiger partial charge in [0.1, 0.15) is 11.5 Å². The summed E-state index contributed by atoms with van der Waals surface area (Å²) in [6.45, 7) is 6.38. The predicted molar refractivity (Wildman–Crippen MR) is 99.9 cm³/mol. The summed E-state index contributed by atoms with van der Waals surface area (Å²) >= 11 is 3.42. The number of rotatable bonds is 7. The number of halogens is 1. The quantitative estimate of drug-likeness (QED) is 0.735. The molecule has 4 nitrogen and oxygen atoms in total. The number of hydrogen-bond donors (Lipinski definition) is 1. The molecule has 2 aromatic rings. The van der Waals surface area contributed by atoms with Crippen molar-refractivity contribution < 1.29 is 14.3 Å². The van der Waals surface area contributed by atoms with Gasteiger partial charge in [0.05, 0.1) is 24.8 Å². The summed E-state index contributed by atoms with van der Waals surface area (Å²) in [7, 11) is 0. The highest BCUT2D eigenvalue weighted by Crippen LogP contribution is 2.29. The van der Waals surface area contributed by atoms with Crippen LogP contribution < -0.4 is 14.8 Å². The lowest BCUT2D eigenvalue weighted by Gasteiger charge is -2.15. The Bertz CT molecular complexity index is 701. The fourth-order valence-corrected chi connectivity index (χ4v) is 2.63. The van der Waals surface area contributed by atoms with Crippen molar-refractivity contribution in [3.63, 3.8) is 0 Å². The lowest BCUT2D eigenvalue weighted by molar-refractivity contribution is -0.115. The van der Waals surface area contributed by atoms with Crippen LogP contribution in [0.1, 0.15) is 26.3 Å². The topological polar surface area (TPSA) is 47.6 Å². The third kappa shape index (κ3) is 5.27. The molecule has 0 aliphatic heterocycles. The Labute approximate surface area is 151 Å². The van der Waals surface area contributed by atoms with E-state index in [1.807, 2.05) is 63.2 Å². The lowest BCUT2D eigenvalue weighted by atomic mass is 10.1. The molecule has 0 unspecified atom stereocenters. The highest BCUT2D eigenvalue weighted by Gasteiger charge is 2.12. The van der Waals surface area contributed by atoms with Crippen LogP contribution in [0.25, 0.3) is 0 Å². The minimum absolute atomic E-state index is 0.0591. The molecule has 1 N–H and O–H groups in total. The van der Waals surface area contributed by atoms with Crippen LogP contribution in [0.3, 0.4) is 0 Å². The van der Waals surface area contributed by atoms with Crippen molar-refractivity contribution in [3.8, 4) is 11.5 Å². The van der Waals surface area contributed by atoms with E-state index in [2.05, 4.69) is 21.2 Å². The van der Waals surface area contributed by atoms with Gasteiger partial charge in [-0.3, -0.25) is 4.79 Å². The van der Waals surface area contributed by atoms with Gasteiger partial charge in [-0.15, -0.1) is 0 Å². The van der Waals surface area contributed by atoms with Crippen molar-refractivity contribution in [1.29, 1.82) is 0 Å². The van der Waals surface area contributed by atoms with Crippen LogP contribution >= 0.6 is 15.9 Å². The molecule has 0 spiro atoms. The van der Waals surface area contributed by atoms with Gasteiger partial charge < -0.3 is 14.8 Å². The molecule has 0 atom stereocenters. The molecule has 128 valence electrons. The average molecular weight is 392 g/mol. The first kappa shape index (κ1) is 18.3. The van der Waals surface area contributed by atoms with Crippen molar-refractivity contribution in [3.05, 3.63) is 52.5 Å². The second kappa shape index (κ2) is 8.73. The van der Waals surface area contributed by atoms with Gasteiger partial charge in [-0.2, -0.15) is 0 Å². The van der Waals surface area contributed by atoms with Crippen LogP contribution in [-0.4, -0.2) is 18.6 Å². The fraction of sp³-hybridized carbons (Fsp3) is 0.316. The summed E-state index contributed by atoms with van der Waals surface area (Å²) in [5.41, 5.74) is 1.51. The summed E-state index contributed by atoms with van der Waals surface area (Å²) in [5.74, 6) is 1.27. The van der Waals surface area contributed by atoms with E-state index in [0.717, 1.165) is 15.8 Å². The van der Waals surface area contributed by atoms with Crippen LogP contribution in [0.15, 0.2) is 46.9 Å². The number of anilines is 1. The Morgan fingerprint density at radius 2 is 1.92 bits per heavy atom. The minimum Gasteiger partial charge on any atom is -0.492 e. The Morgan fingerprint density at radius 3 is 2.62 bits per heavy atom. The van der Waals surface area contributed by atoms with Gasteiger partial charge in [0.15, 0.2) is 0 Å². The molecule has 0 fully saturated rings. The van der Waals surface area contributed by atoms with Crippen LogP contribution in [0.4, 0.5) is 5.69 Å². The molecule has 0 heterocycles. The molecule has 1 amide bonds. The standard InChI is InChI=1S/C19H22BrNO3/c1-4-23-18-10-9-15(20)12-16(18)21-19(22)11-14-7-5-6-8-17(14)24-13(2)3/h5-10,12-13H,4,11H2,1-3H3,(H,21,22). The Kier molecular flexibility index (Phi) is 6.67. The van der Waals surface area contributed by atoms with Crippen LogP contribution in [0, 0.1) is 0 Å². The highest BCUT2D eigenvalue weighted by molar-refractivity contribution is 9.10. The SMILES string of the molecule is CCOc1ccc(Br)cc1NC(=O)Cc1ccccc1OC(C)C. The molecule has 0 radical (unpaired) electrons. The summed E-state index contributed by atoms with van der Waals surface area (Å²) in [6.07, 6.45) is 0.296. The number of nitrogens with one attached hydrogen (secondary N) is 1. The molecule has 0 saturated heterocycles. The molecule has 0 aromatic heterocycles. The lowest BCUT2D eigenvalue weighted by Crippen LogP contribution is -2.16. The zero-order valence-electron chi connectivity index (χ0n) is 14.1. The van der Waals surface area contributed by atoms with Gasteiger partial charge in [0, 0.05) is 10.0 Å². The van der Waals surface area contributed by atoms with Crippen LogP contribution in [0.5, 0.6) is 11.5 Å². The highest BCUT2D eigenvalue weighted by atomic mass is 79.9. The molecule has 2 aromatic carbocycles. The van der Waals surface area contributed by atoms with Crippen molar-refractivity contribution in [1.82, 2.24) is 0 Å². The van der Waals surface area contributed by atoms with E-state index < -0.39 is 0 Å². The largest absolute Gasteiger partial charge is 0.492 e. The number of para-hydroxylation sites is 1. The van der Waals surface area contributed by atoms with Crippen molar-refractivity contribution in [2.24, 2.45) is 0 Å². The summed E-state index contributed by atoms with van der Waals surface area (Å²) in [6, 6.07) is 13.1. The Hall–Kier alpha value is -2.01. The van der Waals surface area contributed by atoms with Crippen LogP contribution in [0.2, 0.25) is 0 Å². The number of carbonyl (C=O) groups is 1. The van der Waals surface area contributed by atoms with E-state index in [1.165, 1.54) is 0 Å². The molecule has 0 saturated carbocycles. The van der Waals surface area contributed by atoms with E-state index >= 15 is 0 Å². The second-order valence-corrected chi connectivity index (χ2v) is 6.49. The van der Waals surface area contributed by atoms with Gasteiger partial charge in [-0.1, -0.05) is 34.1 Å². The second-order valence-electron chi connectivity index (χ2n) is 5.57. The normalized spacial score (nSPS) is 10.5. The first-order valence-corrected chi connectivity index (χ1v) is 8.75. The Morgan fingerprint density at radius 1 is 1.17 bits per heavy atom. The smallest absolute Gasteiger partial charge is 0.229 e. The fourth-order valence-electron chi connectivity index (χ4n) is 2.27. The minimum atomic E-state index is -0.117. The third-order valence-corrected chi connectivity index (χ3v) is 3.70. The maximum atomic E-state index is 12.5. The maximum Gasteiger partial charge on any atom is 0.229 e. The summed E-state index contributed by atoms with van der Waals surface area (Å²) in [5, 5.41) is 2.92. The van der Waals surface area contributed by atoms with Crippen LogP contribution in [-0.2, 0) is 11.2 Å². The zero-order valence-corrected chi connectivity index (χ0v) is 15.7. The first-order valence-electron chi connectivity index (χ1n) is 7.96. The molecule has 24 heavy (non-hydrogen) atoms. The molecule has 0 aliphatic carbocycles. The molecule has 5 heteroatoms. The first-order chi connectivity index (χ1) is 11.5. The average Bonchev–Trinajstić information content (AvgIpc) is 2.51. The van der Waals surface area contributed by atoms with E-state index in [9.17, 15) is 4.79 Å². The molecule has 0 bridgehead atoms. The number of amides is 1. The number of hydrogen-bond acceptors (Lipinski definition) is 3. The summed E-state index contributed by atoms with van der Waals surface area (Å²) < 4.78 is 12.2. The molecule has 0 aliphatic rings. The van der Waals surface area contributed by atoms with Crippen molar-refractivity contribution in [2.45, 2.75) is 33.3 Å². The van der Waals surface area contributed by atoms with E-state index in [1.54, 1.807) is 0 Å². The van der Waals surface area contributed by atoms with Gasteiger partial charge in [0.2, 0.25) is 5.91 Å². The number of benzene rings is 2. The van der Waals surface area contributed by atoms with Crippen molar-refractivity contribution >= 4 is 27.5 Å². The van der Waals surface area contributed by atoms with Gasteiger partial charge >= 0.3 is 0 Å². The van der Waals surface area contributed by atoms with Gasteiger partial charge in [-0.05, 0) is 45.0 Å². The van der Waals surface area contributed by atoms with Crippen molar-refractivity contribution in [2.75, 3.05) is 11.9 Å². The molecule has 2 rings (SSSR count). The van der Waals surface area contributed by atoms with Gasteiger partial charge in [0.25, 0.3) is 0 Å². The van der Waals surface area contributed by atoms with E-state index in [4.69, 9.17) is 9.47 Å². The molecular formula is C19H22BrNO3. The third-order valence-electron chi connectivity index (χ3n) is 3.20. The Balaban J connectivity index is 2.13. The zero-order chi connectivity index (χ0) is 17.5. The molecular weight excluding hydrogens is 370 g/mol. The number of carbonyl (C=O) groups excluding carboxylic acids is 1. The maximum absolute atomic E-state index is 12.5. The summed E-state index contributed by atoms with van der Waals surface area (Å²) in [4.78, 5) is 12.5. The van der Waals surface area contributed by atoms with E-state index in [0.29, 0.717) is 18.0 Å².